The van der Waals surface area contributed by atoms with Crippen molar-refractivity contribution < 1.29 is 9.53 Å². The molecule has 0 bridgehead atoms. The molecule has 1 aromatic carbocycles. The average Bonchev–Trinajstić information content (AvgIpc) is 2.17. The van der Waals surface area contributed by atoms with Crippen molar-refractivity contribution in [3.05, 3.63) is 26.7 Å². The van der Waals surface area contributed by atoms with Crippen molar-refractivity contribution in [2.75, 3.05) is 7.11 Å². The normalized spacial score (nSPS) is 15.0. The number of hydrogen-bond acceptors (Lipinski definition) is 2. The van der Waals surface area contributed by atoms with Crippen molar-refractivity contribution >= 4 is 33.3 Å². The lowest BCUT2D eigenvalue weighted by Gasteiger charge is -2.18. The van der Waals surface area contributed by atoms with E-state index in [2.05, 4.69) is 15.9 Å². The molecule has 1 aliphatic rings. The molecule has 0 unspecified atom stereocenters. The van der Waals surface area contributed by atoms with Crippen LogP contribution < -0.4 is 4.74 Å². The fraction of sp³-hybridized carbons (Fsp3) is 0.364. The quantitative estimate of drug-likeness (QED) is 0.789. The van der Waals surface area contributed by atoms with Crippen LogP contribution in [0.5, 0.6) is 5.75 Å². The van der Waals surface area contributed by atoms with Gasteiger partial charge in [-0.2, -0.15) is 0 Å². The second-order valence-electron chi connectivity index (χ2n) is 3.52. The Balaban J connectivity index is 2.67. The molecule has 0 amide bonds. The number of carbonyl (C=O) groups is 1. The van der Waals surface area contributed by atoms with Crippen LogP contribution in [0.4, 0.5) is 0 Å². The predicted molar refractivity (Wildman–Crippen MR) is 63.0 cm³/mol. The molecule has 0 heterocycles. The predicted octanol–water partition coefficient (Wildman–Crippen LogP) is 3.63. The van der Waals surface area contributed by atoms with Crippen LogP contribution >= 0.6 is 27.5 Å². The lowest BCUT2D eigenvalue weighted by molar-refractivity contribution is 0.0971. The molecular formula is C11H10BrClO2. The number of rotatable bonds is 1. The highest BCUT2D eigenvalue weighted by Gasteiger charge is 2.24. The molecule has 0 N–H and O–H groups in total. The van der Waals surface area contributed by atoms with Crippen molar-refractivity contribution in [3.63, 3.8) is 0 Å². The molecule has 80 valence electrons. The number of halogens is 2. The number of hydrogen-bond donors (Lipinski definition) is 0. The van der Waals surface area contributed by atoms with Crippen molar-refractivity contribution in [3.8, 4) is 5.75 Å². The smallest absolute Gasteiger partial charge is 0.164 e. The molecule has 0 spiro atoms. The van der Waals surface area contributed by atoms with Gasteiger partial charge in [-0.25, -0.2) is 0 Å². The number of fused-ring (bicyclic) bond motifs is 1. The molecule has 0 fully saturated rings. The van der Waals surface area contributed by atoms with Crippen molar-refractivity contribution in [2.45, 2.75) is 19.3 Å². The van der Waals surface area contributed by atoms with Gasteiger partial charge in [-0.05, 0) is 40.4 Å². The van der Waals surface area contributed by atoms with Crippen LogP contribution in [0.25, 0.3) is 0 Å². The minimum atomic E-state index is 0.165. The minimum Gasteiger partial charge on any atom is -0.494 e. The maximum Gasteiger partial charge on any atom is 0.164 e. The molecule has 1 aliphatic carbocycles. The van der Waals surface area contributed by atoms with Gasteiger partial charge < -0.3 is 4.74 Å². The maximum atomic E-state index is 11.8. The van der Waals surface area contributed by atoms with Gasteiger partial charge >= 0.3 is 0 Å². The van der Waals surface area contributed by atoms with Gasteiger partial charge in [0.15, 0.2) is 11.5 Å². The van der Waals surface area contributed by atoms with E-state index in [4.69, 9.17) is 16.3 Å². The molecule has 0 atom stereocenters. The van der Waals surface area contributed by atoms with Gasteiger partial charge in [0.1, 0.15) is 0 Å². The van der Waals surface area contributed by atoms with E-state index in [0.29, 0.717) is 21.7 Å². The number of benzene rings is 1. The molecule has 0 saturated carbocycles. The van der Waals surface area contributed by atoms with E-state index in [1.54, 1.807) is 7.11 Å². The van der Waals surface area contributed by atoms with Crippen LogP contribution in [0, 0.1) is 0 Å². The Labute approximate surface area is 102 Å². The number of aryl methyl sites for hydroxylation is 1. The Morgan fingerprint density at radius 3 is 2.87 bits per heavy atom. The van der Waals surface area contributed by atoms with E-state index >= 15 is 0 Å². The van der Waals surface area contributed by atoms with Gasteiger partial charge in [0.2, 0.25) is 0 Å². The largest absolute Gasteiger partial charge is 0.494 e. The van der Waals surface area contributed by atoms with E-state index < -0.39 is 0 Å². The molecule has 0 aliphatic heterocycles. The number of methoxy groups -OCH3 is 1. The van der Waals surface area contributed by atoms with E-state index in [0.717, 1.165) is 24.0 Å². The zero-order valence-electron chi connectivity index (χ0n) is 8.27. The SMILES string of the molecule is COc1c(Cl)cc2c(c1Br)C(=O)CCC2. The third kappa shape index (κ3) is 1.79. The molecular weight excluding hydrogens is 279 g/mol. The van der Waals surface area contributed by atoms with Gasteiger partial charge in [0.25, 0.3) is 0 Å². The third-order valence-electron chi connectivity index (χ3n) is 2.59. The maximum absolute atomic E-state index is 11.8. The summed E-state index contributed by atoms with van der Waals surface area (Å²) in [5.74, 6) is 0.712. The molecule has 0 radical (unpaired) electrons. The van der Waals surface area contributed by atoms with Gasteiger partial charge in [-0.1, -0.05) is 11.6 Å². The fourth-order valence-electron chi connectivity index (χ4n) is 1.90. The first-order valence-electron chi connectivity index (χ1n) is 4.73. The molecule has 2 nitrogen and oxygen atoms in total. The highest BCUT2D eigenvalue weighted by atomic mass is 79.9. The highest BCUT2D eigenvalue weighted by molar-refractivity contribution is 9.10. The monoisotopic (exact) mass is 288 g/mol. The molecule has 0 aromatic heterocycles. The molecule has 0 saturated heterocycles. The van der Waals surface area contributed by atoms with E-state index in [1.807, 2.05) is 6.07 Å². The zero-order chi connectivity index (χ0) is 11.0. The number of carbonyl (C=O) groups excluding carboxylic acids is 1. The summed E-state index contributed by atoms with van der Waals surface area (Å²) in [6.07, 6.45) is 2.42. The van der Waals surface area contributed by atoms with Crippen molar-refractivity contribution in [1.29, 1.82) is 0 Å². The van der Waals surface area contributed by atoms with E-state index in [-0.39, 0.29) is 5.78 Å². The van der Waals surface area contributed by atoms with Crippen LogP contribution in [0.2, 0.25) is 5.02 Å². The summed E-state index contributed by atoms with van der Waals surface area (Å²) in [6, 6.07) is 1.83. The topological polar surface area (TPSA) is 26.3 Å². The van der Waals surface area contributed by atoms with E-state index in [1.165, 1.54) is 0 Å². The van der Waals surface area contributed by atoms with Crippen LogP contribution in [-0.2, 0) is 6.42 Å². The van der Waals surface area contributed by atoms with Gasteiger partial charge in [-0.15, -0.1) is 0 Å². The lowest BCUT2D eigenvalue weighted by Crippen LogP contribution is -2.12. The summed E-state index contributed by atoms with van der Waals surface area (Å²) in [5.41, 5.74) is 1.76. The zero-order valence-corrected chi connectivity index (χ0v) is 10.6. The lowest BCUT2D eigenvalue weighted by atomic mass is 9.90. The number of ketones is 1. The Bertz CT molecular complexity index is 429. The van der Waals surface area contributed by atoms with Crippen LogP contribution in [0.1, 0.15) is 28.8 Å². The van der Waals surface area contributed by atoms with Gasteiger partial charge in [0, 0.05) is 12.0 Å². The number of ether oxygens (including phenoxy) is 1. The fourth-order valence-corrected chi connectivity index (χ4v) is 3.17. The second-order valence-corrected chi connectivity index (χ2v) is 4.72. The Morgan fingerprint density at radius 1 is 1.47 bits per heavy atom. The van der Waals surface area contributed by atoms with Crippen LogP contribution in [0.3, 0.4) is 0 Å². The molecule has 4 heteroatoms. The molecule has 15 heavy (non-hydrogen) atoms. The Kier molecular flexibility index (Phi) is 3.03. The van der Waals surface area contributed by atoms with Gasteiger partial charge in [0.05, 0.1) is 16.6 Å². The summed E-state index contributed by atoms with van der Waals surface area (Å²) in [6.45, 7) is 0. The average molecular weight is 290 g/mol. The van der Waals surface area contributed by atoms with Crippen molar-refractivity contribution in [2.24, 2.45) is 0 Å². The minimum absolute atomic E-state index is 0.165. The first-order valence-corrected chi connectivity index (χ1v) is 5.90. The van der Waals surface area contributed by atoms with Crippen LogP contribution in [-0.4, -0.2) is 12.9 Å². The summed E-state index contributed by atoms with van der Waals surface area (Å²) in [7, 11) is 1.55. The Hall–Kier alpha value is -0.540. The van der Waals surface area contributed by atoms with Crippen molar-refractivity contribution in [1.82, 2.24) is 0 Å². The highest BCUT2D eigenvalue weighted by Crippen LogP contribution is 2.40. The van der Waals surface area contributed by atoms with Crippen LogP contribution in [0.15, 0.2) is 10.5 Å². The number of Topliss-reactive ketones (excluding diaryl/α,β-unsaturated/α-hetero) is 1. The second kappa shape index (κ2) is 4.14. The van der Waals surface area contributed by atoms with E-state index in [9.17, 15) is 4.79 Å². The standard InChI is InChI=1S/C11H10BrClO2/c1-15-11-7(13)5-6-3-2-4-8(14)9(6)10(11)12/h5H,2-4H2,1H3. The Morgan fingerprint density at radius 2 is 2.20 bits per heavy atom. The summed E-state index contributed by atoms with van der Waals surface area (Å²) >= 11 is 9.44. The third-order valence-corrected chi connectivity index (χ3v) is 3.63. The molecule has 2 rings (SSSR count). The first kappa shape index (κ1) is 11.0. The first-order chi connectivity index (χ1) is 7.15. The summed E-state index contributed by atoms with van der Waals surface area (Å²) < 4.78 is 5.85. The van der Waals surface area contributed by atoms with Gasteiger partial charge in [-0.3, -0.25) is 4.79 Å². The molecule has 1 aromatic rings. The summed E-state index contributed by atoms with van der Waals surface area (Å²) in [5, 5.41) is 0.554. The summed E-state index contributed by atoms with van der Waals surface area (Å²) in [4.78, 5) is 11.8.